The topological polar surface area (TPSA) is 129 Å². The van der Waals surface area contributed by atoms with Crippen LogP contribution in [0.3, 0.4) is 0 Å². The minimum absolute atomic E-state index is 0.161. The second-order valence-electron chi connectivity index (χ2n) is 12.2. The van der Waals surface area contributed by atoms with E-state index in [4.69, 9.17) is 9.47 Å². The zero-order valence-electron chi connectivity index (χ0n) is 26.6. The van der Waals surface area contributed by atoms with Crippen LogP contribution in [-0.2, 0) is 20.9 Å². The summed E-state index contributed by atoms with van der Waals surface area (Å²) < 4.78 is 10.6. The molecule has 4 rings (SSSR count). The molecule has 1 saturated carbocycles. The number of carbonyl (C=O) groups is 4. The molecule has 1 saturated heterocycles. The first kappa shape index (κ1) is 32.8. The van der Waals surface area contributed by atoms with Gasteiger partial charge in [0.05, 0.1) is 31.9 Å². The monoisotopic (exact) mass is 607 g/mol. The Kier molecular flexibility index (Phi) is 10.5. The summed E-state index contributed by atoms with van der Waals surface area (Å²) in [7, 11) is 1.51. The normalized spacial score (nSPS) is 17.3. The number of hydrogen-bond acceptors (Lipinski definition) is 7. The SMILES string of the molecule is CCOC(=O)CC(C)NCC(CC1CC1)N1C(=O)N(Cc2ccc(NC(=O)Nc3ccccc3C)c(OC)c2)C(C)(C)C1=O. The van der Waals surface area contributed by atoms with E-state index in [0.29, 0.717) is 36.2 Å². The fourth-order valence-electron chi connectivity index (χ4n) is 5.46. The summed E-state index contributed by atoms with van der Waals surface area (Å²) in [4.78, 5) is 55.2. The van der Waals surface area contributed by atoms with E-state index in [9.17, 15) is 19.2 Å². The number of imide groups is 1. The van der Waals surface area contributed by atoms with Crippen molar-refractivity contribution in [1.82, 2.24) is 15.1 Å². The number of methoxy groups -OCH3 is 1. The maximum absolute atomic E-state index is 13.9. The van der Waals surface area contributed by atoms with Crippen LogP contribution >= 0.6 is 0 Å². The highest BCUT2D eigenvalue weighted by Gasteiger charge is 2.53. The largest absolute Gasteiger partial charge is 0.495 e. The highest BCUT2D eigenvalue weighted by molar-refractivity contribution is 6.07. The maximum atomic E-state index is 13.9. The molecule has 1 aliphatic carbocycles. The second kappa shape index (κ2) is 14.1. The molecule has 2 aromatic rings. The predicted molar refractivity (Wildman–Crippen MR) is 169 cm³/mol. The van der Waals surface area contributed by atoms with Crippen LogP contribution < -0.4 is 20.7 Å². The molecule has 2 aromatic carbocycles. The van der Waals surface area contributed by atoms with E-state index in [1.165, 1.54) is 12.0 Å². The number of urea groups is 2. The standard InChI is InChI=1S/C33H45N5O6/c1-7-44-29(39)16-22(3)34-19-25(17-23-12-13-23)38-30(40)33(4,5)37(32(38)42)20-24-14-15-27(28(18-24)43-6)36-31(41)35-26-11-9-8-10-21(26)2/h8-11,14-15,18,22-23,25,34H,7,12-13,16-17,19-20H2,1-6H3,(H2,35,36,41). The van der Waals surface area contributed by atoms with Gasteiger partial charge in [-0.1, -0.05) is 37.1 Å². The van der Waals surface area contributed by atoms with Crippen LogP contribution in [0.15, 0.2) is 42.5 Å². The van der Waals surface area contributed by atoms with Crippen LogP contribution in [0.2, 0.25) is 0 Å². The molecule has 44 heavy (non-hydrogen) atoms. The Labute approximate surface area is 259 Å². The molecule has 1 heterocycles. The van der Waals surface area contributed by atoms with Crippen molar-refractivity contribution in [2.75, 3.05) is 30.9 Å². The number of anilines is 2. The first-order valence-corrected chi connectivity index (χ1v) is 15.3. The number of hydrogen-bond donors (Lipinski definition) is 3. The number of ether oxygens (including phenoxy) is 2. The van der Waals surface area contributed by atoms with Gasteiger partial charge in [0.25, 0.3) is 5.91 Å². The molecule has 2 fully saturated rings. The minimum atomic E-state index is -1.06. The predicted octanol–water partition coefficient (Wildman–Crippen LogP) is 5.29. The Morgan fingerprint density at radius 3 is 2.43 bits per heavy atom. The van der Waals surface area contributed by atoms with E-state index >= 15 is 0 Å². The average molecular weight is 608 g/mol. The quantitative estimate of drug-likeness (QED) is 0.197. The number of carbonyl (C=O) groups excluding carboxylic acids is 4. The van der Waals surface area contributed by atoms with Crippen molar-refractivity contribution in [3.63, 3.8) is 0 Å². The molecule has 2 atom stereocenters. The molecule has 11 heteroatoms. The molecule has 0 bridgehead atoms. The molecular formula is C33H45N5O6. The Morgan fingerprint density at radius 1 is 1.07 bits per heavy atom. The summed E-state index contributed by atoms with van der Waals surface area (Å²) in [6.07, 6.45) is 3.10. The average Bonchev–Trinajstić information content (AvgIpc) is 3.77. The lowest BCUT2D eigenvalue weighted by Gasteiger charge is -2.28. The van der Waals surface area contributed by atoms with Crippen molar-refractivity contribution in [3.05, 3.63) is 53.6 Å². The number of nitrogens with one attached hydrogen (secondary N) is 3. The van der Waals surface area contributed by atoms with Gasteiger partial charge < -0.3 is 30.3 Å². The van der Waals surface area contributed by atoms with E-state index in [1.807, 2.05) is 44.2 Å². The third-order valence-electron chi connectivity index (χ3n) is 8.25. The van der Waals surface area contributed by atoms with E-state index in [-0.39, 0.29) is 43.0 Å². The van der Waals surface area contributed by atoms with Gasteiger partial charge in [0.15, 0.2) is 0 Å². The van der Waals surface area contributed by atoms with Gasteiger partial charge in [-0.05, 0) is 76.3 Å². The maximum Gasteiger partial charge on any atom is 0.328 e. The number of benzene rings is 2. The number of esters is 1. The molecular weight excluding hydrogens is 562 g/mol. The first-order valence-electron chi connectivity index (χ1n) is 15.3. The molecule has 5 amide bonds. The number of nitrogens with zero attached hydrogens (tertiary/aromatic N) is 2. The second-order valence-corrected chi connectivity index (χ2v) is 12.2. The van der Waals surface area contributed by atoms with Crippen molar-refractivity contribution in [2.45, 2.75) is 84.5 Å². The van der Waals surface area contributed by atoms with Crippen LogP contribution in [0.25, 0.3) is 0 Å². The highest BCUT2D eigenvalue weighted by atomic mass is 16.5. The number of rotatable bonds is 14. The zero-order chi connectivity index (χ0) is 32.0. The molecule has 1 aliphatic heterocycles. The third kappa shape index (κ3) is 7.88. The lowest BCUT2D eigenvalue weighted by atomic mass is 10.0. The van der Waals surface area contributed by atoms with Crippen LogP contribution in [-0.4, -0.2) is 71.6 Å². The van der Waals surface area contributed by atoms with E-state index < -0.39 is 11.6 Å². The van der Waals surface area contributed by atoms with Gasteiger partial charge in [0, 0.05) is 24.8 Å². The summed E-state index contributed by atoms with van der Waals surface area (Å²) in [6, 6.07) is 11.5. The van der Waals surface area contributed by atoms with Crippen molar-refractivity contribution in [3.8, 4) is 5.75 Å². The van der Waals surface area contributed by atoms with Crippen molar-refractivity contribution < 1.29 is 28.7 Å². The molecule has 238 valence electrons. The van der Waals surface area contributed by atoms with Gasteiger partial charge in [-0.3, -0.25) is 14.5 Å². The van der Waals surface area contributed by atoms with Crippen molar-refractivity contribution >= 4 is 35.3 Å². The van der Waals surface area contributed by atoms with Gasteiger partial charge in [-0.15, -0.1) is 0 Å². The molecule has 11 nitrogen and oxygen atoms in total. The number of para-hydroxylation sites is 1. The van der Waals surface area contributed by atoms with Gasteiger partial charge in [-0.2, -0.15) is 0 Å². The summed E-state index contributed by atoms with van der Waals surface area (Å²) in [5.74, 6) is 0.385. The van der Waals surface area contributed by atoms with Crippen molar-refractivity contribution in [2.24, 2.45) is 5.92 Å². The van der Waals surface area contributed by atoms with Crippen molar-refractivity contribution in [1.29, 1.82) is 0 Å². The fourth-order valence-corrected chi connectivity index (χ4v) is 5.46. The van der Waals surface area contributed by atoms with Gasteiger partial charge in [-0.25, -0.2) is 9.59 Å². The Hall–Kier alpha value is -4.12. The molecule has 2 aliphatic rings. The van der Waals surface area contributed by atoms with E-state index in [2.05, 4.69) is 16.0 Å². The smallest absolute Gasteiger partial charge is 0.328 e. The minimum Gasteiger partial charge on any atom is -0.495 e. The van der Waals surface area contributed by atoms with E-state index in [0.717, 1.165) is 30.4 Å². The number of aryl methyl sites for hydroxylation is 1. The van der Waals surface area contributed by atoms with Crippen LogP contribution in [0.5, 0.6) is 5.75 Å². The number of amides is 5. The Morgan fingerprint density at radius 2 is 1.77 bits per heavy atom. The highest BCUT2D eigenvalue weighted by Crippen LogP contribution is 2.38. The summed E-state index contributed by atoms with van der Waals surface area (Å²) >= 11 is 0. The van der Waals surface area contributed by atoms with Crippen LogP contribution in [0, 0.1) is 12.8 Å². The zero-order valence-corrected chi connectivity index (χ0v) is 26.6. The Balaban J connectivity index is 1.46. The molecule has 0 radical (unpaired) electrons. The van der Waals surface area contributed by atoms with Gasteiger partial charge in [0.2, 0.25) is 0 Å². The summed E-state index contributed by atoms with van der Waals surface area (Å²) in [6.45, 7) is 10.0. The van der Waals surface area contributed by atoms with Crippen LogP contribution in [0.4, 0.5) is 21.0 Å². The lowest BCUT2D eigenvalue weighted by molar-refractivity contribution is -0.143. The molecule has 0 spiro atoms. The van der Waals surface area contributed by atoms with Gasteiger partial charge >= 0.3 is 18.0 Å². The summed E-state index contributed by atoms with van der Waals surface area (Å²) in [5.41, 5.74) is 1.80. The fraction of sp³-hybridized carbons (Fsp3) is 0.515. The third-order valence-corrected chi connectivity index (χ3v) is 8.25. The van der Waals surface area contributed by atoms with Gasteiger partial charge in [0.1, 0.15) is 11.3 Å². The summed E-state index contributed by atoms with van der Waals surface area (Å²) in [5, 5.41) is 9.01. The molecule has 3 N–H and O–H groups in total. The van der Waals surface area contributed by atoms with E-state index in [1.54, 1.807) is 37.8 Å². The van der Waals surface area contributed by atoms with Crippen LogP contribution in [0.1, 0.15) is 64.5 Å². The molecule has 0 aromatic heterocycles. The molecule has 2 unspecified atom stereocenters. The Bertz CT molecular complexity index is 1370. The lowest BCUT2D eigenvalue weighted by Crippen LogP contribution is -2.49. The first-order chi connectivity index (χ1) is 20.9.